The first kappa shape index (κ1) is 13.3. The number of rotatable bonds is 3. The Morgan fingerprint density at radius 3 is 2.68 bits per heavy atom. The summed E-state index contributed by atoms with van der Waals surface area (Å²) in [6, 6.07) is 11.2. The summed E-state index contributed by atoms with van der Waals surface area (Å²) in [5.74, 6) is 0. The van der Waals surface area contributed by atoms with E-state index < -0.39 is 0 Å². The average molecular weight is 273 g/mol. The van der Waals surface area contributed by atoms with E-state index >= 15 is 0 Å². The minimum absolute atomic E-state index is 0.348. The number of urea groups is 1. The van der Waals surface area contributed by atoms with Gasteiger partial charge in [0.25, 0.3) is 0 Å². The summed E-state index contributed by atoms with van der Waals surface area (Å²) in [5.41, 5.74) is 4.23. The van der Waals surface area contributed by atoms with Crippen molar-refractivity contribution in [2.24, 2.45) is 5.10 Å². The van der Waals surface area contributed by atoms with Crippen molar-refractivity contribution < 1.29 is 4.79 Å². The number of para-hydroxylation sites is 1. The number of nitrogens with zero attached hydrogens (tertiary/aromatic N) is 1. The van der Waals surface area contributed by atoms with Crippen molar-refractivity contribution >= 4 is 29.3 Å². The standard InChI is InChI=1S/C14H15N3OS/c1-10-5-3-4-6-13(10)16-14(18)17-15-9-12-8-7-11(2)19-12/h3-9H,1-2H3,(H2,16,17,18). The first-order valence-electron chi connectivity index (χ1n) is 5.87. The summed E-state index contributed by atoms with van der Waals surface area (Å²) in [6.45, 7) is 3.97. The van der Waals surface area contributed by atoms with E-state index in [1.54, 1.807) is 17.6 Å². The minimum atomic E-state index is -0.348. The number of amides is 2. The molecule has 0 fully saturated rings. The summed E-state index contributed by atoms with van der Waals surface area (Å²) in [7, 11) is 0. The van der Waals surface area contributed by atoms with Crippen molar-refractivity contribution in [1.82, 2.24) is 5.43 Å². The van der Waals surface area contributed by atoms with Crippen LogP contribution in [0.2, 0.25) is 0 Å². The molecule has 5 heteroatoms. The summed E-state index contributed by atoms with van der Waals surface area (Å²) >= 11 is 1.62. The van der Waals surface area contributed by atoms with Crippen LogP contribution in [-0.4, -0.2) is 12.2 Å². The third-order valence-electron chi connectivity index (χ3n) is 2.51. The fourth-order valence-electron chi connectivity index (χ4n) is 1.54. The van der Waals surface area contributed by atoms with Crippen LogP contribution < -0.4 is 10.7 Å². The Morgan fingerprint density at radius 2 is 2.00 bits per heavy atom. The summed E-state index contributed by atoms with van der Waals surface area (Å²) in [6.07, 6.45) is 1.63. The maximum atomic E-state index is 11.6. The highest BCUT2D eigenvalue weighted by atomic mass is 32.1. The van der Waals surface area contributed by atoms with Gasteiger partial charge in [0.1, 0.15) is 0 Å². The van der Waals surface area contributed by atoms with Crippen LogP contribution in [0.4, 0.5) is 10.5 Å². The molecule has 2 rings (SSSR count). The lowest BCUT2D eigenvalue weighted by Crippen LogP contribution is -2.24. The Balaban J connectivity index is 1.88. The first-order chi connectivity index (χ1) is 9.15. The maximum absolute atomic E-state index is 11.6. The van der Waals surface area contributed by atoms with E-state index in [2.05, 4.69) is 15.8 Å². The molecule has 19 heavy (non-hydrogen) atoms. The number of benzene rings is 1. The molecule has 1 heterocycles. The number of nitrogens with one attached hydrogen (secondary N) is 2. The van der Waals surface area contributed by atoms with Crippen molar-refractivity contribution in [3.63, 3.8) is 0 Å². The lowest BCUT2D eigenvalue weighted by Gasteiger charge is -2.06. The van der Waals surface area contributed by atoms with Gasteiger partial charge in [-0.05, 0) is 37.6 Å². The zero-order valence-corrected chi connectivity index (χ0v) is 11.6. The molecular formula is C14H15N3OS. The van der Waals surface area contributed by atoms with Gasteiger partial charge in [-0.25, -0.2) is 10.2 Å². The molecule has 2 amide bonds. The van der Waals surface area contributed by atoms with Crippen molar-refractivity contribution in [2.45, 2.75) is 13.8 Å². The number of anilines is 1. The van der Waals surface area contributed by atoms with Crippen molar-refractivity contribution in [3.8, 4) is 0 Å². The third kappa shape index (κ3) is 3.93. The molecule has 1 aromatic carbocycles. The highest BCUT2D eigenvalue weighted by molar-refractivity contribution is 7.13. The van der Waals surface area contributed by atoms with E-state index in [0.717, 1.165) is 16.1 Å². The maximum Gasteiger partial charge on any atom is 0.339 e. The normalized spacial score (nSPS) is 10.6. The van der Waals surface area contributed by atoms with Crippen LogP contribution in [-0.2, 0) is 0 Å². The second-order valence-corrected chi connectivity index (χ2v) is 5.41. The molecule has 0 spiro atoms. The Labute approximate surface area is 116 Å². The summed E-state index contributed by atoms with van der Waals surface area (Å²) < 4.78 is 0. The van der Waals surface area contributed by atoms with Gasteiger partial charge in [-0.2, -0.15) is 5.10 Å². The van der Waals surface area contributed by atoms with E-state index in [1.807, 2.05) is 50.2 Å². The number of carbonyl (C=O) groups is 1. The van der Waals surface area contributed by atoms with Gasteiger partial charge in [0.15, 0.2) is 0 Å². The Bertz CT molecular complexity index is 604. The number of thiophene rings is 1. The fourth-order valence-corrected chi connectivity index (χ4v) is 2.29. The molecule has 1 aromatic heterocycles. The van der Waals surface area contributed by atoms with Crippen LogP contribution >= 0.6 is 11.3 Å². The van der Waals surface area contributed by atoms with Gasteiger partial charge in [-0.3, -0.25) is 0 Å². The van der Waals surface area contributed by atoms with Crippen LogP contribution in [0.15, 0.2) is 41.5 Å². The molecule has 2 N–H and O–H groups in total. The molecule has 0 saturated heterocycles. The Hall–Kier alpha value is -2.14. The molecule has 2 aromatic rings. The van der Waals surface area contributed by atoms with Gasteiger partial charge >= 0.3 is 6.03 Å². The topological polar surface area (TPSA) is 53.5 Å². The monoisotopic (exact) mass is 273 g/mol. The Morgan fingerprint density at radius 1 is 1.21 bits per heavy atom. The number of hydrogen-bond acceptors (Lipinski definition) is 3. The molecule has 0 unspecified atom stereocenters. The van der Waals surface area contributed by atoms with Crippen LogP contribution in [0, 0.1) is 13.8 Å². The third-order valence-corrected chi connectivity index (χ3v) is 3.45. The predicted octanol–water partition coefficient (Wildman–Crippen LogP) is 3.52. The highest BCUT2D eigenvalue weighted by Crippen LogP contribution is 2.13. The van der Waals surface area contributed by atoms with Gasteiger partial charge in [-0.15, -0.1) is 11.3 Å². The fraction of sp³-hybridized carbons (Fsp3) is 0.143. The van der Waals surface area contributed by atoms with Crippen molar-refractivity contribution in [2.75, 3.05) is 5.32 Å². The van der Waals surface area contributed by atoms with Gasteiger partial charge in [0.05, 0.1) is 6.21 Å². The highest BCUT2D eigenvalue weighted by Gasteiger charge is 2.01. The number of hydrogen-bond donors (Lipinski definition) is 2. The molecule has 0 saturated carbocycles. The molecule has 0 atom stereocenters. The van der Waals surface area contributed by atoms with E-state index in [0.29, 0.717) is 0 Å². The number of carbonyl (C=O) groups excluding carboxylic acids is 1. The molecule has 0 bridgehead atoms. The minimum Gasteiger partial charge on any atom is -0.306 e. The van der Waals surface area contributed by atoms with Gasteiger partial charge in [-0.1, -0.05) is 18.2 Å². The lowest BCUT2D eigenvalue weighted by atomic mass is 10.2. The van der Waals surface area contributed by atoms with Crippen molar-refractivity contribution in [3.05, 3.63) is 51.7 Å². The smallest absolute Gasteiger partial charge is 0.306 e. The first-order valence-corrected chi connectivity index (χ1v) is 6.69. The van der Waals surface area contributed by atoms with Crippen LogP contribution in [0.5, 0.6) is 0 Å². The summed E-state index contributed by atoms with van der Waals surface area (Å²) in [5, 5.41) is 6.65. The van der Waals surface area contributed by atoms with Crippen LogP contribution in [0.3, 0.4) is 0 Å². The molecule has 4 nitrogen and oxygen atoms in total. The zero-order valence-electron chi connectivity index (χ0n) is 10.8. The van der Waals surface area contributed by atoms with Gasteiger partial charge < -0.3 is 5.32 Å². The van der Waals surface area contributed by atoms with Gasteiger partial charge in [0.2, 0.25) is 0 Å². The second-order valence-electron chi connectivity index (χ2n) is 4.09. The van der Waals surface area contributed by atoms with Crippen LogP contribution in [0.25, 0.3) is 0 Å². The molecule has 0 radical (unpaired) electrons. The van der Waals surface area contributed by atoms with E-state index in [1.165, 1.54) is 4.88 Å². The van der Waals surface area contributed by atoms with Crippen molar-refractivity contribution in [1.29, 1.82) is 0 Å². The molecule has 98 valence electrons. The largest absolute Gasteiger partial charge is 0.339 e. The predicted molar refractivity (Wildman–Crippen MR) is 80.0 cm³/mol. The molecular weight excluding hydrogens is 258 g/mol. The number of hydrazone groups is 1. The second kappa shape index (κ2) is 6.15. The average Bonchev–Trinajstić information content (AvgIpc) is 2.78. The SMILES string of the molecule is Cc1ccc(C=NNC(=O)Nc2ccccc2C)s1. The Kier molecular flexibility index (Phi) is 4.30. The van der Waals surface area contributed by atoms with Gasteiger partial charge in [0, 0.05) is 15.4 Å². The van der Waals surface area contributed by atoms with E-state index in [4.69, 9.17) is 0 Å². The molecule has 0 aliphatic carbocycles. The van der Waals surface area contributed by atoms with E-state index in [-0.39, 0.29) is 6.03 Å². The number of aryl methyl sites for hydroxylation is 2. The summed E-state index contributed by atoms with van der Waals surface area (Å²) in [4.78, 5) is 13.8. The quantitative estimate of drug-likeness (QED) is 0.652. The van der Waals surface area contributed by atoms with E-state index in [9.17, 15) is 4.79 Å². The zero-order chi connectivity index (χ0) is 13.7. The molecule has 0 aliphatic heterocycles. The van der Waals surface area contributed by atoms with Crippen LogP contribution in [0.1, 0.15) is 15.3 Å². The lowest BCUT2D eigenvalue weighted by molar-refractivity contribution is 0.252. The molecule has 0 aliphatic rings.